The van der Waals surface area contributed by atoms with Crippen LogP contribution in [0.3, 0.4) is 0 Å². The zero-order chi connectivity index (χ0) is 21.4. The molecule has 0 spiro atoms. The zero-order valence-electron chi connectivity index (χ0n) is 16.4. The molecular weight excluding hydrogens is 377 g/mol. The summed E-state index contributed by atoms with van der Waals surface area (Å²) in [5.41, 5.74) is 7.17. The number of rotatable bonds is 8. The van der Waals surface area contributed by atoms with Gasteiger partial charge in [-0.15, -0.1) is 0 Å². The second-order valence-corrected chi connectivity index (χ2v) is 6.62. The number of ether oxygens (including phenoxy) is 1. The first-order valence-electron chi connectivity index (χ1n) is 9.02. The van der Waals surface area contributed by atoms with Crippen LogP contribution in [0.1, 0.15) is 29.2 Å². The summed E-state index contributed by atoms with van der Waals surface area (Å²) in [5, 5.41) is 2.52. The molecule has 3 amide bonds. The molecule has 1 unspecified atom stereocenters. The van der Waals surface area contributed by atoms with Crippen LogP contribution in [-0.2, 0) is 20.9 Å². The van der Waals surface area contributed by atoms with E-state index in [1.807, 2.05) is 19.1 Å². The van der Waals surface area contributed by atoms with Crippen LogP contribution < -0.4 is 11.1 Å². The van der Waals surface area contributed by atoms with Crippen LogP contribution >= 0.6 is 0 Å². The molecule has 2 rings (SSSR count). The van der Waals surface area contributed by atoms with Gasteiger partial charge in [0.1, 0.15) is 5.82 Å². The lowest BCUT2D eigenvalue weighted by molar-refractivity contribution is -0.152. The average molecular weight is 401 g/mol. The Morgan fingerprint density at radius 2 is 1.79 bits per heavy atom. The minimum Gasteiger partial charge on any atom is -0.455 e. The summed E-state index contributed by atoms with van der Waals surface area (Å²) in [7, 11) is 1.49. The van der Waals surface area contributed by atoms with E-state index in [2.05, 4.69) is 5.32 Å². The van der Waals surface area contributed by atoms with E-state index in [4.69, 9.17) is 10.5 Å². The van der Waals surface area contributed by atoms with Crippen molar-refractivity contribution >= 4 is 17.9 Å². The molecule has 154 valence electrons. The Labute approximate surface area is 168 Å². The summed E-state index contributed by atoms with van der Waals surface area (Å²) in [6.45, 7) is 1.41. The van der Waals surface area contributed by atoms with Crippen LogP contribution in [0.5, 0.6) is 0 Å². The van der Waals surface area contributed by atoms with E-state index < -0.39 is 36.4 Å². The third-order valence-electron chi connectivity index (χ3n) is 4.40. The number of likely N-dealkylation sites (N-methyl/N-ethyl adjacent to an activating group) is 1. The molecular formula is C21H24FN3O4. The van der Waals surface area contributed by atoms with Crippen molar-refractivity contribution in [3.63, 3.8) is 0 Å². The van der Waals surface area contributed by atoms with Gasteiger partial charge in [-0.3, -0.25) is 9.59 Å². The normalized spacial score (nSPS) is 11.4. The van der Waals surface area contributed by atoms with Gasteiger partial charge in [0.2, 0.25) is 0 Å². The Balaban J connectivity index is 1.92. The molecule has 0 aliphatic heterocycles. The van der Waals surface area contributed by atoms with E-state index in [1.54, 1.807) is 30.3 Å². The van der Waals surface area contributed by atoms with E-state index >= 15 is 0 Å². The number of benzene rings is 2. The quantitative estimate of drug-likeness (QED) is 0.663. The molecule has 8 heteroatoms. The maximum absolute atomic E-state index is 13.7. The van der Waals surface area contributed by atoms with Crippen molar-refractivity contribution in [1.29, 1.82) is 0 Å². The van der Waals surface area contributed by atoms with Crippen LogP contribution in [0.2, 0.25) is 0 Å². The molecule has 2 aromatic carbocycles. The number of hydrogen-bond acceptors (Lipinski definition) is 4. The summed E-state index contributed by atoms with van der Waals surface area (Å²) >= 11 is 0. The highest BCUT2D eigenvalue weighted by molar-refractivity contribution is 5.81. The van der Waals surface area contributed by atoms with E-state index in [-0.39, 0.29) is 13.0 Å². The van der Waals surface area contributed by atoms with Gasteiger partial charge in [0.25, 0.3) is 5.91 Å². The van der Waals surface area contributed by atoms with E-state index in [0.29, 0.717) is 5.56 Å². The smallest absolute Gasteiger partial charge is 0.312 e. The number of halogens is 1. The standard InChI is InChI=1S/C21H24FN3O4/c1-14-7-3-5-9-16(14)18(24-21(23)28)11-20(27)29-13-19(26)25(2)12-15-8-4-6-10-17(15)22/h3-10,18H,11-13H2,1-2H3,(H3,23,24,28). The number of urea groups is 1. The first-order chi connectivity index (χ1) is 13.8. The molecule has 0 bridgehead atoms. The molecule has 1 atom stereocenters. The molecule has 0 radical (unpaired) electrons. The zero-order valence-corrected chi connectivity index (χ0v) is 16.4. The number of carbonyl (C=O) groups excluding carboxylic acids is 3. The Bertz CT molecular complexity index is 888. The molecule has 7 nitrogen and oxygen atoms in total. The number of carbonyl (C=O) groups is 3. The molecule has 0 saturated carbocycles. The topological polar surface area (TPSA) is 102 Å². The van der Waals surface area contributed by atoms with Crippen molar-refractivity contribution in [3.8, 4) is 0 Å². The number of amides is 3. The summed E-state index contributed by atoms with van der Waals surface area (Å²) < 4.78 is 18.8. The van der Waals surface area contributed by atoms with Crippen LogP contribution in [0.4, 0.5) is 9.18 Å². The second kappa shape index (κ2) is 10.2. The van der Waals surface area contributed by atoms with Crippen LogP contribution in [0.25, 0.3) is 0 Å². The summed E-state index contributed by atoms with van der Waals surface area (Å²) in [4.78, 5) is 37.0. The van der Waals surface area contributed by atoms with Gasteiger partial charge in [0, 0.05) is 19.2 Å². The SMILES string of the molecule is Cc1ccccc1C(CC(=O)OCC(=O)N(C)Cc1ccccc1F)NC(N)=O. The van der Waals surface area contributed by atoms with Gasteiger partial charge in [0.15, 0.2) is 6.61 Å². The second-order valence-electron chi connectivity index (χ2n) is 6.62. The number of aryl methyl sites for hydroxylation is 1. The minimum atomic E-state index is -0.772. The molecule has 29 heavy (non-hydrogen) atoms. The van der Waals surface area contributed by atoms with E-state index in [9.17, 15) is 18.8 Å². The van der Waals surface area contributed by atoms with Gasteiger partial charge in [0.05, 0.1) is 12.5 Å². The van der Waals surface area contributed by atoms with Crippen molar-refractivity contribution in [3.05, 3.63) is 71.0 Å². The number of nitrogens with two attached hydrogens (primary N) is 1. The van der Waals surface area contributed by atoms with Crippen molar-refractivity contribution in [2.24, 2.45) is 5.73 Å². The van der Waals surface area contributed by atoms with Crippen molar-refractivity contribution in [1.82, 2.24) is 10.2 Å². The van der Waals surface area contributed by atoms with Crippen molar-refractivity contribution in [2.75, 3.05) is 13.7 Å². The number of nitrogens with zero attached hydrogens (tertiary/aromatic N) is 1. The van der Waals surface area contributed by atoms with Gasteiger partial charge >= 0.3 is 12.0 Å². The summed E-state index contributed by atoms with van der Waals surface area (Å²) in [5.74, 6) is -1.56. The lowest BCUT2D eigenvalue weighted by Crippen LogP contribution is -2.36. The molecule has 0 fully saturated rings. The summed E-state index contributed by atoms with van der Waals surface area (Å²) in [6.07, 6.45) is -0.182. The number of nitrogens with one attached hydrogen (secondary N) is 1. The fourth-order valence-corrected chi connectivity index (χ4v) is 2.84. The molecule has 2 aromatic rings. The average Bonchev–Trinajstić information content (AvgIpc) is 2.67. The van der Waals surface area contributed by atoms with E-state index in [0.717, 1.165) is 11.1 Å². The van der Waals surface area contributed by atoms with Gasteiger partial charge in [-0.05, 0) is 24.1 Å². The highest BCUT2D eigenvalue weighted by Gasteiger charge is 2.21. The molecule has 0 aliphatic carbocycles. The van der Waals surface area contributed by atoms with E-state index in [1.165, 1.54) is 18.0 Å². The maximum atomic E-state index is 13.7. The molecule has 0 saturated heterocycles. The number of esters is 1. The third-order valence-corrected chi connectivity index (χ3v) is 4.40. The van der Waals surface area contributed by atoms with Gasteiger partial charge < -0.3 is 20.7 Å². The van der Waals surface area contributed by atoms with Crippen LogP contribution in [0.15, 0.2) is 48.5 Å². The molecule has 0 aliphatic rings. The minimum absolute atomic E-state index is 0.0537. The molecule has 3 N–H and O–H groups in total. The third kappa shape index (κ3) is 6.60. The first-order valence-corrected chi connectivity index (χ1v) is 9.02. The lowest BCUT2D eigenvalue weighted by Gasteiger charge is -2.20. The monoisotopic (exact) mass is 401 g/mol. The predicted octanol–water partition coefficient (Wildman–Crippen LogP) is 2.44. The Hall–Kier alpha value is -3.42. The summed E-state index contributed by atoms with van der Waals surface area (Å²) in [6, 6.07) is 11.9. The molecule has 0 aromatic heterocycles. The van der Waals surface area contributed by atoms with Gasteiger partial charge in [-0.1, -0.05) is 42.5 Å². The fraction of sp³-hybridized carbons (Fsp3) is 0.286. The Morgan fingerprint density at radius 1 is 1.14 bits per heavy atom. The Morgan fingerprint density at radius 3 is 2.45 bits per heavy atom. The fourth-order valence-electron chi connectivity index (χ4n) is 2.84. The van der Waals surface area contributed by atoms with Crippen LogP contribution in [-0.4, -0.2) is 36.5 Å². The number of hydrogen-bond donors (Lipinski definition) is 2. The van der Waals surface area contributed by atoms with Crippen molar-refractivity contribution in [2.45, 2.75) is 25.9 Å². The maximum Gasteiger partial charge on any atom is 0.312 e. The Kier molecular flexibility index (Phi) is 7.70. The highest BCUT2D eigenvalue weighted by Crippen LogP contribution is 2.21. The van der Waals surface area contributed by atoms with Gasteiger partial charge in [-0.25, -0.2) is 9.18 Å². The highest BCUT2D eigenvalue weighted by atomic mass is 19.1. The van der Waals surface area contributed by atoms with Crippen molar-refractivity contribution < 1.29 is 23.5 Å². The lowest BCUT2D eigenvalue weighted by atomic mass is 9.99. The molecule has 0 heterocycles. The van der Waals surface area contributed by atoms with Gasteiger partial charge in [-0.2, -0.15) is 0 Å². The first kappa shape index (κ1) is 21.9. The van der Waals surface area contributed by atoms with Crippen LogP contribution in [0, 0.1) is 12.7 Å². The predicted molar refractivity (Wildman–Crippen MR) is 105 cm³/mol. The largest absolute Gasteiger partial charge is 0.455 e. The number of primary amides is 1.